The van der Waals surface area contributed by atoms with E-state index in [1.165, 1.54) is 0 Å². The Labute approximate surface area is 78.2 Å². The summed E-state index contributed by atoms with van der Waals surface area (Å²) in [5, 5.41) is 0.471. The summed E-state index contributed by atoms with van der Waals surface area (Å²) in [6, 6.07) is 8.49. The minimum Gasteiger partial charge on any atom is -0.256 e. The lowest BCUT2D eigenvalue weighted by Gasteiger charge is -2.06. The van der Waals surface area contributed by atoms with Crippen molar-refractivity contribution < 1.29 is 13.2 Å². The summed E-state index contributed by atoms with van der Waals surface area (Å²) in [5.74, 6) is 0. The summed E-state index contributed by atoms with van der Waals surface area (Å²) < 4.78 is 36.8. The largest absolute Gasteiger partial charge is 0.417 e. The Balaban J connectivity index is 2.63. The highest BCUT2D eigenvalue weighted by Gasteiger charge is 2.30. The van der Waals surface area contributed by atoms with Crippen LogP contribution in [0.1, 0.15) is 5.56 Å². The zero-order chi connectivity index (χ0) is 10.2. The minimum atomic E-state index is -4.33. The molecule has 14 heavy (non-hydrogen) atoms. The molecule has 1 heterocycles. The van der Waals surface area contributed by atoms with E-state index < -0.39 is 11.7 Å². The molecule has 2 rings (SSSR count). The van der Waals surface area contributed by atoms with Gasteiger partial charge in [-0.15, -0.1) is 0 Å². The van der Waals surface area contributed by atoms with Crippen LogP contribution in [-0.2, 0) is 6.18 Å². The molecule has 0 saturated heterocycles. The van der Waals surface area contributed by atoms with Crippen LogP contribution in [0, 0.1) is 6.07 Å². The van der Waals surface area contributed by atoms with E-state index in [0.717, 1.165) is 12.3 Å². The average Bonchev–Trinajstić information content (AvgIpc) is 2.16. The molecule has 1 aromatic carbocycles. The quantitative estimate of drug-likeness (QED) is 0.631. The zero-order valence-electron chi connectivity index (χ0n) is 6.97. The van der Waals surface area contributed by atoms with Crippen molar-refractivity contribution in [3.63, 3.8) is 0 Å². The fourth-order valence-electron chi connectivity index (χ4n) is 1.17. The normalized spacial score (nSPS) is 11.9. The van der Waals surface area contributed by atoms with Crippen molar-refractivity contribution in [3.8, 4) is 0 Å². The maximum Gasteiger partial charge on any atom is 0.417 e. The lowest BCUT2D eigenvalue weighted by Crippen LogP contribution is -2.05. The Morgan fingerprint density at radius 2 is 2.07 bits per heavy atom. The van der Waals surface area contributed by atoms with Crippen LogP contribution in [0.15, 0.2) is 30.5 Å². The van der Waals surface area contributed by atoms with Crippen LogP contribution in [0.3, 0.4) is 0 Å². The van der Waals surface area contributed by atoms with Gasteiger partial charge in [-0.1, -0.05) is 12.1 Å². The molecule has 0 spiro atoms. The smallest absolute Gasteiger partial charge is 0.256 e. The highest BCUT2D eigenvalue weighted by Crippen LogP contribution is 2.30. The second-order valence-electron chi connectivity index (χ2n) is 2.84. The molecule has 1 radical (unpaired) electrons. The molecule has 0 N–H and O–H groups in total. The Morgan fingerprint density at radius 3 is 2.79 bits per heavy atom. The first-order valence-electron chi connectivity index (χ1n) is 3.90. The highest BCUT2D eigenvalue weighted by molar-refractivity contribution is 5.78. The molecule has 0 aliphatic rings. The fourth-order valence-corrected chi connectivity index (χ4v) is 1.17. The summed E-state index contributed by atoms with van der Waals surface area (Å²) in [5.41, 5.74) is -0.211. The van der Waals surface area contributed by atoms with Gasteiger partial charge in [-0.2, -0.15) is 13.2 Å². The van der Waals surface area contributed by atoms with Crippen LogP contribution in [0.25, 0.3) is 10.9 Å². The predicted molar refractivity (Wildman–Crippen MR) is 45.6 cm³/mol. The number of hydrogen-bond acceptors (Lipinski definition) is 1. The number of pyridine rings is 1. The van der Waals surface area contributed by atoms with Crippen molar-refractivity contribution >= 4 is 10.9 Å². The number of aromatic nitrogens is 1. The van der Waals surface area contributed by atoms with Gasteiger partial charge in [-0.05, 0) is 18.2 Å². The van der Waals surface area contributed by atoms with E-state index in [1.54, 1.807) is 18.2 Å². The summed E-state index contributed by atoms with van der Waals surface area (Å²) in [7, 11) is 0. The van der Waals surface area contributed by atoms with E-state index in [2.05, 4.69) is 11.1 Å². The molecule has 4 heteroatoms. The van der Waals surface area contributed by atoms with Crippen molar-refractivity contribution in [2.75, 3.05) is 0 Å². The second-order valence-corrected chi connectivity index (χ2v) is 2.84. The Hall–Kier alpha value is -1.58. The number of hydrogen-bond donors (Lipinski definition) is 0. The Kier molecular flexibility index (Phi) is 1.91. The fraction of sp³-hybridized carbons (Fsp3) is 0.100. The first kappa shape index (κ1) is 8.99. The minimum absolute atomic E-state index is 0.471. The molecule has 0 atom stereocenters. The Morgan fingerprint density at radius 1 is 1.29 bits per heavy atom. The van der Waals surface area contributed by atoms with Crippen LogP contribution < -0.4 is 0 Å². The van der Waals surface area contributed by atoms with E-state index >= 15 is 0 Å². The van der Waals surface area contributed by atoms with Gasteiger partial charge >= 0.3 is 6.18 Å². The molecule has 1 nitrogen and oxygen atoms in total. The van der Waals surface area contributed by atoms with Gasteiger partial charge < -0.3 is 0 Å². The van der Waals surface area contributed by atoms with E-state index in [9.17, 15) is 13.2 Å². The molecule has 0 saturated carbocycles. The topological polar surface area (TPSA) is 12.9 Å². The summed E-state index contributed by atoms with van der Waals surface area (Å²) in [4.78, 5) is 3.70. The SMILES string of the molecule is FC(F)(F)c1cnc2c[c]ccc2c1. The molecule has 1 aromatic heterocycles. The number of benzene rings is 1. The van der Waals surface area contributed by atoms with Gasteiger partial charge in [-0.25, -0.2) is 0 Å². The molecule has 0 unspecified atom stereocenters. The summed E-state index contributed by atoms with van der Waals surface area (Å²) in [6.07, 6.45) is -3.50. The average molecular weight is 196 g/mol. The monoisotopic (exact) mass is 196 g/mol. The number of halogens is 3. The molecular weight excluding hydrogens is 191 g/mol. The van der Waals surface area contributed by atoms with Crippen LogP contribution in [0.4, 0.5) is 13.2 Å². The third-order valence-corrected chi connectivity index (χ3v) is 1.86. The van der Waals surface area contributed by atoms with Crippen LogP contribution in [-0.4, -0.2) is 4.98 Å². The maximum atomic E-state index is 12.3. The van der Waals surface area contributed by atoms with Gasteiger partial charge in [0.15, 0.2) is 0 Å². The molecule has 0 aliphatic heterocycles. The first-order chi connectivity index (χ1) is 6.57. The van der Waals surface area contributed by atoms with Crippen molar-refractivity contribution in [2.45, 2.75) is 6.18 Å². The standard InChI is InChI=1S/C10H5F3N/c11-10(12,13)8-5-7-3-1-2-4-9(7)14-6-8/h1,3-6H. The highest BCUT2D eigenvalue weighted by atomic mass is 19.4. The lowest BCUT2D eigenvalue weighted by atomic mass is 10.1. The van der Waals surface area contributed by atoms with E-state index in [1.807, 2.05) is 0 Å². The zero-order valence-corrected chi connectivity index (χ0v) is 6.97. The van der Waals surface area contributed by atoms with Gasteiger partial charge in [0.05, 0.1) is 11.1 Å². The molecule has 0 fully saturated rings. The van der Waals surface area contributed by atoms with Gasteiger partial charge in [-0.3, -0.25) is 4.98 Å². The summed E-state index contributed by atoms with van der Waals surface area (Å²) in [6.45, 7) is 0. The number of fused-ring (bicyclic) bond motifs is 1. The number of rotatable bonds is 0. The third-order valence-electron chi connectivity index (χ3n) is 1.86. The van der Waals surface area contributed by atoms with Gasteiger partial charge in [0, 0.05) is 11.6 Å². The molecular formula is C10H5F3N. The van der Waals surface area contributed by atoms with Gasteiger partial charge in [0.1, 0.15) is 0 Å². The van der Waals surface area contributed by atoms with Crippen molar-refractivity contribution in [2.24, 2.45) is 0 Å². The van der Waals surface area contributed by atoms with Gasteiger partial charge in [0.25, 0.3) is 0 Å². The van der Waals surface area contributed by atoms with Crippen LogP contribution in [0.2, 0.25) is 0 Å². The number of nitrogens with zero attached hydrogens (tertiary/aromatic N) is 1. The van der Waals surface area contributed by atoms with Crippen LogP contribution >= 0.6 is 0 Å². The van der Waals surface area contributed by atoms with Crippen molar-refractivity contribution in [1.29, 1.82) is 0 Å². The number of alkyl halides is 3. The first-order valence-corrected chi connectivity index (χ1v) is 3.90. The van der Waals surface area contributed by atoms with Gasteiger partial charge in [0.2, 0.25) is 0 Å². The third kappa shape index (κ3) is 1.55. The van der Waals surface area contributed by atoms with Crippen molar-refractivity contribution in [3.05, 3.63) is 42.1 Å². The van der Waals surface area contributed by atoms with E-state index in [4.69, 9.17) is 0 Å². The maximum absolute atomic E-state index is 12.3. The molecule has 71 valence electrons. The van der Waals surface area contributed by atoms with E-state index in [-0.39, 0.29) is 0 Å². The summed E-state index contributed by atoms with van der Waals surface area (Å²) >= 11 is 0. The molecule has 2 aromatic rings. The Bertz CT molecular complexity index is 462. The molecule has 0 amide bonds. The lowest BCUT2D eigenvalue weighted by molar-refractivity contribution is -0.137. The van der Waals surface area contributed by atoms with Crippen LogP contribution in [0.5, 0.6) is 0 Å². The second kappa shape index (κ2) is 2.97. The molecule has 0 bridgehead atoms. The predicted octanol–water partition coefficient (Wildman–Crippen LogP) is 3.05. The molecule has 0 aliphatic carbocycles. The van der Waals surface area contributed by atoms with Crippen molar-refractivity contribution in [1.82, 2.24) is 4.98 Å². The van der Waals surface area contributed by atoms with E-state index in [0.29, 0.717) is 10.9 Å².